The smallest absolute Gasteiger partial charge is 0.412 e. The predicted octanol–water partition coefficient (Wildman–Crippen LogP) is 6.39. The molecule has 0 unspecified atom stereocenters. The Balaban J connectivity index is 0.000000203. The van der Waals surface area contributed by atoms with Crippen molar-refractivity contribution in [3.05, 3.63) is 71.2 Å². The number of carbonyl (C=O) groups excluding carboxylic acids is 1. The minimum Gasteiger partial charge on any atom is -0.444 e. The molecule has 0 fully saturated rings. The van der Waals surface area contributed by atoms with Crippen LogP contribution in [0.4, 0.5) is 16.2 Å². The van der Waals surface area contributed by atoms with Gasteiger partial charge in [0, 0.05) is 22.5 Å². The second-order valence-corrected chi connectivity index (χ2v) is 8.78. The monoisotopic (exact) mass is 486 g/mol. The van der Waals surface area contributed by atoms with Crippen molar-refractivity contribution in [3.8, 4) is 22.3 Å². The van der Waals surface area contributed by atoms with Crippen LogP contribution in [0.1, 0.15) is 20.8 Å². The summed E-state index contributed by atoms with van der Waals surface area (Å²) in [4.78, 5) is 11.6. The van der Waals surface area contributed by atoms with Gasteiger partial charge in [-0.25, -0.2) is 4.79 Å². The number of aromatic amines is 2. The van der Waals surface area contributed by atoms with Crippen LogP contribution >= 0.6 is 23.2 Å². The van der Waals surface area contributed by atoms with E-state index in [0.717, 1.165) is 27.9 Å². The van der Waals surface area contributed by atoms with Crippen LogP contribution in [0.3, 0.4) is 0 Å². The van der Waals surface area contributed by atoms with Crippen molar-refractivity contribution in [2.45, 2.75) is 26.4 Å². The molecule has 0 saturated carbocycles. The van der Waals surface area contributed by atoms with Crippen LogP contribution in [0.5, 0.6) is 0 Å². The molecule has 0 saturated heterocycles. The highest BCUT2D eigenvalue weighted by Crippen LogP contribution is 2.27. The Morgan fingerprint density at radius 1 is 0.879 bits per heavy atom. The average Bonchev–Trinajstić information content (AvgIpc) is 3.36. The third kappa shape index (κ3) is 7.00. The minimum absolute atomic E-state index is 0.480. The van der Waals surface area contributed by atoms with E-state index < -0.39 is 11.7 Å². The Kier molecular flexibility index (Phi) is 7.63. The fraction of sp³-hybridized carbons (Fsp3) is 0.174. The fourth-order valence-electron chi connectivity index (χ4n) is 2.76. The summed E-state index contributed by atoms with van der Waals surface area (Å²) in [5.41, 5.74) is 10.1. The fourth-order valence-corrected chi connectivity index (χ4v) is 3.17. The van der Waals surface area contributed by atoms with Crippen molar-refractivity contribution in [2.24, 2.45) is 0 Å². The molecule has 0 bridgehead atoms. The SMILES string of the molecule is CC(C)(C)OC(=O)Nc1ccc(-c2cn[nH]c2Cl)cc1.Nc1ccc(-c2cn[nH]c2Cl)cc1. The van der Waals surface area contributed by atoms with Gasteiger partial charge >= 0.3 is 6.09 Å². The zero-order chi connectivity index (χ0) is 24.0. The van der Waals surface area contributed by atoms with Crippen molar-refractivity contribution in [2.75, 3.05) is 11.1 Å². The van der Waals surface area contributed by atoms with E-state index in [4.69, 9.17) is 33.7 Å². The number of nitrogens with two attached hydrogens (primary N) is 1. The number of nitrogen functional groups attached to an aromatic ring is 1. The third-order valence-electron chi connectivity index (χ3n) is 4.25. The van der Waals surface area contributed by atoms with E-state index in [-0.39, 0.29) is 0 Å². The third-order valence-corrected chi connectivity index (χ3v) is 4.82. The molecule has 0 atom stereocenters. The average molecular weight is 487 g/mol. The van der Waals surface area contributed by atoms with E-state index in [1.165, 1.54) is 0 Å². The summed E-state index contributed by atoms with van der Waals surface area (Å²) in [6, 6.07) is 14.7. The Morgan fingerprint density at radius 2 is 1.33 bits per heavy atom. The number of anilines is 2. The number of H-pyrrole nitrogens is 2. The second-order valence-electron chi connectivity index (χ2n) is 8.02. The number of nitrogens with zero attached hydrogens (tertiary/aromatic N) is 2. The number of halogens is 2. The maximum atomic E-state index is 11.6. The first kappa shape index (κ1) is 24.2. The van der Waals surface area contributed by atoms with Gasteiger partial charge in [0.1, 0.15) is 15.9 Å². The van der Waals surface area contributed by atoms with Gasteiger partial charge in [-0.2, -0.15) is 10.2 Å². The first-order valence-corrected chi connectivity index (χ1v) is 10.7. The molecule has 10 heteroatoms. The van der Waals surface area contributed by atoms with Crippen molar-refractivity contribution in [1.29, 1.82) is 0 Å². The van der Waals surface area contributed by atoms with Crippen molar-refractivity contribution in [1.82, 2.24) is 20.4 Å². The number of hydrogen-bond donors (Lipinski definition) is 4. The topological polar surface area (TPSA) is 122 Å². The van der Waals surface area contributed by atoms with E-state index in [1.54, 1.807) is 24.5 Å². The van der Waals surface area contributed by atoms with Gasteiger partial charge in [-0.05, 0) is 56.2 Å². The number of rotatable bonds is 3. The lowest BCUT2D eigenvalue weighted by Crippen LogP contribution is -2.27. The van der Waals surface area contributed by atoms with Gasteiger partial charge in [-0.1, -0.05) is 47.5 Å². The molecule has 4 aromatic rings. The number of carbonyl (C=O) groups is 1. The summed E-state index contributed by atoms with van der Waals surface area (Å²) >= 11 is 11.8. The van der Waals surface area contributed by atoms with E-state index in [0.29, 0.717) is 16.0 Å². The summed E-state index contributed by atoms with van der Waals surface area (Å²) in [5, 5.41) is 16.7. The lowest BCUT2D eigenvalue weighted by Gasteiger charge is -2.19. The molecule has 0 aliphatic carbocycles. The largest absolute Gasteiger partial charge is 0.444 e. The molecular weight excluding hydrogens is 463 g/mol. The molecule has 0 aliphatic heterocycles. The zero-order valence-corrected chi connectivity index (χ0v) is 19.8. The number of benzene rings is 2. The molecule has 2 heterocycles. The van der Waals surface area contributed by atoms with Crippen LogP contribution in [-0.2, 0) is 4.74 Å². The normalized spacial score (nSPS) is 10.8. The summed E-state index contributed by atoms with van der Waals surface area (Å²) in [6.07, 6.45) is 2.86. The summed E-state index contributed by atoms with van der Waals surface area (Å²) in [6.45, 7) is 5.45. The van der Waals surface area contributed by atoms with Crippen LogP contribution in [0.15, 0.2) is 60.9 Å². The standard InChI is InChI=1S/C14H16ClN3O2.C9H8ClN3/c1-14(2,3)20-13(19)17-10-6-4-9(5-7-10)11-8-16-18-12(11)15;10-9-8(5-12-13-9)6-1-3-7(11)4-2-6/h4-8H,1-3H3,(H,16,18)(H,17,19);1-5H,11H2,(H,12,13). The Morgan fingerprint density at radius 3 is 1.73 bits per heavy atom. The van der Waals surface area contributed by atoms with Gasteiger partial charge in [0.05, 0.1) is 12.4 Å². The van der Waals surface area contributed by atoms with Gasteiger partial charge in [0.15, 0.2) is 0 Å². The van der Waals surface area contributed by atoms with E-state index in [1.807, 2.05) is 57.2 Å². The number of hydrogen-bond acceptors (Lipinski definition) is 5. The Bertz CT molecular complexity index is 1190. The number of amides is 1. The molecule has 0 radical (unpaired) electrons. The molecule has 8 nitrogen and oxygen atoms in total. The molecule has 0 spiro atoms. The molecule has 1 amide bonds. The van der Waals surface area contributed by atoms with Crippen LogP contribution in [-0.4, -0.2) is 32.1 Å². The van der Waals surface area contributed by atoms with E-state index in [2.05, 4.69) is 25.7 Å². The molecular formula is C23H24Cl2N6O2. The first-order valence-electron chi connectivity index (χ1n) is 9.96. The Hall–Kier alpha value is -3.49. The molecule has 4 rings (SSSR count). The minimum atomic E-state index is -0.520. The van der Waals surface area contributed by atoms with Crippen LogP contribution < -0.4 is 11.1 Å². The first-order chi connectivity index (χ1) is 15.6. The lowest BCUT2D eigenvalue weighted by molar-refractivity contribution is 0.0636. The highest BCUT2D eigenvalue weighted by Gasteiger charge is 2.16. The van der Waals surface area contributed by atoms with Gasteiger partial charge in [-0.15, -0.1) is 0 Å². The highest BCUT2D eigenvalue weighted by molar-refractivity contribution is 6.32. The number of aromatic nitrogens is 4. The van der Waals surface area contributed by atoms with E-state index in [9.17, 15) is 4.79 Å². The van der Waals surface area contributed by atoms with Crippen LogP contribution in [0, 0.1) is 0 Å². The molecule has 33 heavy (non-hydrogen) atoms. The quantitative estimate of drug-likeness (QED) is 0.250. The molecule has 2 aromatic heterocycles. The van der Waals surface area contributed by atoms with Gasteiger partial charge in [0.2, 0.25) is 0 Å². The maximum Gasteiger partial charge on any atom is 0.412 e. The maximum absolute atomic E-state index is 11.6. The molecule has 0 aliphatic rings. The zero-order valence-electron chi connectivity index (χ0n) is 18.3. The number of ether oxygens (including phenoxy) is 1. The highest BCUT2D eigenvalue weighted by atomic mass is 35.5. The van der Waals surface area contributed by atoms with E-state index >= 15 is 0 Å². The summed E-state index contributed by atoms with van der Waals surface area (Å²) in [5.74, 6) is 0. The number of nitrogens with one attached hydrogen (secondary N) is 3. The molecule has 2 aromatic carbocycles. The molecule has 5 N–H and O–H groups in total. The second kappa shape index (κ2) is 10.4. The van der Waals surface area contributed by atoms with Crippen molar-refractivity contribution in [3.63, 3.8) is 0 Å². The predicted molar refractivity (Wildman–Crippen MR) is 132 cm³/mol. The van der Waals surface area contributed by atoms with Gasteiger partial charge in [0.25, 0.3) is 0 Å². The van der Waals surface area contributed by atoms with Crippen molar-refractivity contribution < 1.29 is 9.53 Å². The van der Waals surface area contributed by atoms with Crippen LogP contribution in [0.2, 0.25) is 10.3 Å². The Labute approximate surface area is 201 Å². The van der Waals surface area contributed by atoms with Crippen LogP contribution in [0.25, 0.3) is 22.3 Å². The molecule has 172 valence electrons. The van der Waals surface area contributed by atoms with Gasteiger partial charge in [-0.3, -0.25) is 15.5 Å². The van der Waals surface area contributed by atoms with Gasteiger partial charge < -0.3 is 10.5 Å². The van der Waals surface area contributed by atoms with Crippen molar-refractivity contribution >= 4 is 40.7 Å². The summed E-state index contributed by atoms with van der Waals surface area (Å²) in [7, 11) is 0. The lowest BCUT2D eigenvalue weighted by atomic mass is 10.1. The summed E-state index contributed by atoms with van der Waals surface area (Å²) < 4.78 is 5.18.